The van der Waals surface area contributed by atoms with Gasteiger partial charge in [-0.05, 0) is 41.8 Å². The maximum Gasteiger partial charge on any atom is 0.127 e. The van der Waals surface area contributed by atoms with Crippen LogP contribution in [0.5, 0.6) is 0 Å². The number of hydrogen-bond acceptors (Lipinski definition) is 1. The minimum absolute atomic E-state index is 0.169. The first-order valence-corrected chi connectivity index (χ1v) is 6.40. The van der Waals surface area contributed by atoms with Gasteiger partial charge in [-0.2, -0.15) is 0 Å². The van der Waals surface area contributed by atoms with Crippen LogP contribution in [-0.4, -0.2) is 0 Å². The van der Waals surface area contributed by atoms with Crippen molar-refractivity contribution in [3.8, 4) is 0 Å². The van der Waals surface area contributed by atoms with Crippen molar-refractivity contribution < 1.29 is 13.2 Å². The van der Waals surface area contributed by atoms with Gasteiger partial charge in [0.2, 0.25) is 0 Å². The van der Waals surface area contributed by atoms with Crippen molar-refractivity contribution in [1.29, 1.82) is 0 Å². The summed E-state index contributed by atoms with van der Waals surface area (Å²) < 4.78 is 40.4. The largest absolute Gasteiger partial charge is 0.324 e. The molecule has 0 radical (unpaired) electrons. The number of benzene rings is 2. The monoisotopic (exact) mass is 329 g/mol. The lowest BCUT2D eigenvalue weighted by Gasteiger charge is -2.13. The van der Waals surface area contributed by atoms with E-state index in [1.807, 2.05) is 0 Å². The molecule has 0 spiro atoms. The van der Waals surface area contributed by atoms with E-state index in [0.717, 1.165) is 18.2 Å². The van der Waals surface area contributed by atoms with Crippen LogP contribution in [0.2, 0.25) is 0 Å². The molecule has 2 aromatic rings. The molecule has 1 atom stereocenters. The summed E-state index contributed by atoms with van der Waals surface area (Å²) in [6.07, 6.45) is 0.169. The maximum atomic E-state index is 13.7. The number of rotatable bonds is 3. The van der Waals surface area contributed by atoms with Gasteiger partial charge in [0.15, 0.2) is 0 Å². The van der Waals surface area contributed by atoms with E-state index in [2.05, 4.69) is 15.9 Å². The third kappa shape index (κ3) is 3.58. The first kappa shape index (κ1) is 14.1. The predicted molar refractivity (Wildman–Crippen MR) is 71.1 cm³/mol. The Bertz CT molecular complexity index is 581. The zero-order valence-corrected chi connectivity index (χ0v) is 11.4. The molecule has 100 valence electrons. The van der Waals surface area contributed by atoms with Gasteiger partial charge in [-0.1, -0.05) is 22.0 Å². The molecule has 5 heteroatoms. The summed E-state index contributed by atoms with van der Waals surface area (Å²) in [5.41, 5.74) is 6.57. The fraction of sp³-hybridized carbons (Fsp3) is 0.143. The highest BCUT2D eigenvalue weighted by Gasteiger charge is 2.12. The van der Waals surface area contributed by atoms with E-state index in [1.165, 1.54) is 6.07 Å². The van der Waals surface area contributed by atoms with E-state index in [4.69, 9.17) is 5.73 Å². The Morgan fingerprint density at radius 1 is 1.00 bits per heavy atom. The summed E-state index contributed by atoms with van der Waals surface area (Å²) in [6.45, 7) is 0. The summed E-state index contributed by atoms with van der Waals surface area (Å²) in [7, 11) is 0. The van der Waals surface area contributed by atoms with Gasteiger partial charge in [-0.3, -0.25) is 0 Å². The molecule has 0 saturated carbocycles. The van der Waals surface area contributed by atoms with Crippen molar-refractivity contribution in [2.75, 3.05) is 0 Å². The molecular weight excluding hydrogens is 319 g/mol. The van der Waals surface area contributed by atoms with Gasteiger partial charge >= 0.3 is 0 Å². The van der Waals surface area contributed by atoms with Gasteiger partial charge in [0, 0.05) is 16.6 Å². The minimum Gasteiger partial charge on any atom is -0.324 e. The fourth-order valence-electron chi connectivity index (χ4n) is 1.83. The summed E-state index contributed by atoms with van der Waals surface area (Å²) >= 11 is 3.16. The zero-order chi connectivity index (χ0) is 14.0. The van der Waals surface area contributed by atoms with E-state index < -0.39 is 23.5 Å². The van der Waals surface area contributed by atoms with Crippen LogP contribution in [0.25, 0.3) is 0 Å². The Morgan fingerprint density at radius 2 is 1.63 bits per heavy atom. The lowest BCUT2D eigenvalue weighted by atomic mass is 9.99. The van der Waals surface area contributed by atoms with Crippen LogP contribution in [-0.2, 0) is 6.42 Å². The first-order chi connectivity index (χ1) is 8.95. The molecule has 2 aromatic carbocycles. The molecule has 0 saturated heterocycles. The number of nitrogens with two attached hydrogens (primary N) is 1. The van der Waals surface area contributed by atoms with E-state index in [1.54, 1.807) is 12.1 Å². The van der Waals surface area contributed by atoms with Crippen LogP contribution in [0.3, 0.4) is 0 Å². The lowest BCUT2D eigenvalue weighted by Crippen LogP contribution is -2.14. The van der Waals surface area contributed by atoms with Crippen LogP contribution in [0.4, 0.5) is 13.2 Å². The highest BCUT2D eigenvalue weighted by atomic mass is 79.9. The van der Waals surface area contributed by atoms with Gasteiger partial charge in [0.25, 0.3) is 0 Å². The quantitative estimate of drug-likeness (QED) is 0.901. The second kappa shape index (κ2) is 5.75. The van der Waals surface area contributed by atoms with E-state index in [0.29, 0.717) is 15.6 Å². The van der Waals surface area contributed by atoms with Crippen LogP contribution >= 0.6 is 15.9 Å². The number of halogens is 4. The molecule has 1 nitrogen and oxygen atoms in total. The molecule has 0 aliphatic rings. The normalized spacial score (nSPS) is 12.5. The fourth-order valence-corrected chi connectivity index (χ4v) is 2.16. The van der Waals surface area contributed by atoms with Gasteiger partial charge < -0.3 is 5.73 Å². The van der Waals surface area contributed by atoms with E-state index in [9.17, 15) is 13.2 Å². The van der Waals surface area contributed by atoms with Crippen molar-refractivity contribution in [3.05, 3.63) is 69.4 Å². The summed E-state index contributed by atoms with van der Waals surface area (Å²) in [5, 5.41) is 0. The van der Waals surface area contributed by atoms with Gasteiger partial charge in [-0.15, -0.1) is 0 Å². The third-order valence-corrected chi connectivity index (χ3v) is 3.26. The maximum absolute atomic E-state index is 13.7. The molecule has 0 heterocycles. The Kier molecular flexibility index (Phi) is 4.27. The number of hydrogen-bond donors (Lipinski definition) is 1. The topological polar surface area (TPSA) is 26.0 Å². The van der Waals surface area contributed by atoms with Crippen LogP contribution < -0.4 is 5.73 Å². The minimum atomic E-state index is -0.693. The first-order valence-electron chi connectivity index (χ1n) is 5.61. The highest BCUT2D eigenvalue weighted by molar-refractivity contribution is 9.10. The molecule has 0 bridgehead atoms. The Morgan fingerprint density at radius 3 is 2.21 bits per heavy atom. The second-order valence-corrected chi connectivity index (χ2v) is 5.16. The molecule has 0 aliphatic carbocycles. The van der Waals surface area contributed by atoms with Crippen molar-refractivity contribution in [2.45, 2.75) is 12.5 Å². The predicted octanol–water partition coefficient (Wildman–Crippen LogP) is 4.11. The molecule has 2 rings (SSSR count). The standard InChI is InChI=1S/C14H11BrF3N/c15-10-2-1-8(13(18)6-10)5-14(19)9-3-11(16)7-12(17)4-9/h1-4,6-7,14H,5,19H2. The van der Waals surface area contributed by atoms with E-state index >= 15 is 0 Å². The Labute approximate surface area is 117 Å². The van der Waals surface area contributed by atoms with Crippen molar-refractivity contribution in [1.82, 2.24) is 0 Å². The van der Waals surface area contributed by atoms with Crippen molar-refractivity contribution >= 4 is 15.9 Å². The van der Waals surface area contributed by atoms with E-state index in [-0.39, 0.29) is 6.42 Å². The highest BCUT2D eigenvalue weighted by Crippen LogP contribution is 2.22. The molecule has 19 heavy (non-hydrogen) atoms. The summed E-state index contributed by atoms with van der Waals surface area (Å²) in [6, 6.07) is 7.03. The van der Waals surface area contributed by atoms with Crippen molar-refractivity contribution in [3.63, 3.8) is 0 Å². The summed E-state index contributed by atoms with van der Waals surface area (Å²) in [5.74, 6) is -1.79. The summed E-state index contributed by atoms with van der Waals surface area (Å²) in [4.78, 5) is 0. The van der Waals surface area contributed by atoms with Gasteiger partial charge in [0.05, 0.1) is 0 Å². The average molecular weight is 330 g/mol. The van der Waals surface area contributed by atoms with Crippen LogP contribution in [0, 0.1) is 17.5 Å². The van der Waals surface area contributed by atoms with Crippen LogP contribution in [0.15, 0.2) is 40.9 Å². The smallest absolute Gasteiger partial charge is 0.127 e. The second-order valence-electron chi connectivity index (χ2n) is 4.25. The molecule has 0 aliphatic heterocycles. The Balaban J connectivity index is 2.22. The molecule has 0 amide bonds. The molecule has 2 N–H and O–H groups in total. The van der Waals surface area contributed by atoms with Gasteiger partial charge in [-0.25, -0.2) is 13.2 Å². The van der Waals surface area contributed by atoms with Crippen molar-refractivity contribution in [2.24, 2.45) is 5.73 Å². The molecular formula is C14H11BrF3N. The Hall–Kier alpha value is -1.33. The molecule has 0 fully saturated rings. The zero-order valence-electron chi connectivity index (χ0n) is 9.84. The van der Waals surface area contributed by atoms with Crippen LogP contribution in [0.1, 0.15) is 17.2 Å². The molecule has 1 unspecified atom stereocenters. The molecule has 0 aromatic heterocycles. The SMILES string of the molecule is NC(Cc1ccc(Br)cc1F)c1cc(F)cc(F)c1. The average Bonchev–Trinajstić information content (AvgIpc) is 2.31. The third-order valence-electron chi connectivity index (χ3n) is 2.77. The lowest BCUT2D eigenvalue weighted by molar-refractivity contribution is 0.567. The van der Waals surface area contributed by atoms with Gasteiger partial charge in [0.1, 0.15) is 17.5 Å².